The first-order valence-corrected chi connectivity index (χ1v) is 6.51. The first-order valence-electron chi connectivity index (χ1n) is 6.51. The normalized spacial score (nSPS) is 22.1. The number of carboxylic acid groups (broad SMARTS) is 1. The minimum absolute atomic E-state index is 0.110. The molecule has 0 radical (unpaired) electrons. The van der Waals surface area contributed by atoms with Crippen molar-refractivity contribution in [1.29, 1.82) is 0 Å². The largest absolute Gasteiger partial charge is 0.481 e. The number of urea groups is 1. The van der Waals surface area contributed by atoms with Crippen LogP contribution in [0.1, 0.15) is 26.7 Å². The Kier molecular flexibility index (Phi) is 5.59. The van der Waals surface area contributed by atoms with Crippen LogP contribution in [0, 0.1) is 5.92 Å². The monoisotopic (exact) mass is 271 g/mol. The molecule has 2 unspecified atom stereocenters. The van der Waals surface area contributed by atoms with Crippen molar-refractivity contribution in [3.8, 4) is 0 Å². The lowest BCUT2D eigenvalue weighted by Crippen LogP contribution is -2.44. The molecule has 19 heavy (non-hydrogen) atoms. The maximum absolute atomic E-state index is 11.9. The molecule has 0 saturated carbocycles. The van der Waals surface area contributed by atoms with Crippen LogP contribution < -0.4 is 10.6 Å². The molecule has 3 N–H and O–H groups in total. The van der Waals surface area contributed by atoms with Crippen molar-refractivity contribution in [2.75, 3.05) is 19.6 Å². The van der Waals surface area contributed by atoms with Crippen molar-refractivity contribution >= 4 is 17.9 Å². The summed E-state index contributed by atoms with van der Waals surface area (Å²) in [5, 5.41) is 14.3. The highest BCUT2D eigenvalue weighted by atomic mass is 16.4. The van der Waals surface area contributed by atoms with Crippen LogP contribution in [0.15, 0.2) is 0 Å². The third-order valence-corrected chi connectivity index (χ3v) is 3.34. The van der Waals surface area contributed by atoms with Gasteiger partial charge in [-0.25, -0.2) is 4.79 Å². The SMILES string of the molecule is CCNC(=O)CCNC(=O)N1CCC(C(=O)O)C1C. The highest BCUT2D eigenvalue weighted by Gasteiger charge is 2.37. The van der Waals surface area contributed by atoms with E-state index in [1.54, 1.807) is 6.92 Å². The second-order valence-corrected chi connectivity index (χ2v) is 4.60. The second-order valence-electron chi connectivity index (χ2n) is 4.60. The van der Waals surface area contributed by atoms with Crippen molar-refractivity contribution in [3.05, 3.63) is 0 Å². The molecule has 1 heterocycles. The molecule has 3 amide bonds. The average Bonchev–Trinajstić information content (AvgIpc) is 2.71. The van der Waals surface area contributed by atoms with Crippen molar-refractivity contribution in [2.24, 2.45) is 5.92 Å². The first kappa shape index (κ1) is 15.3. The minimum atomic E-state index is -0.870. The van der Waals surface area contributed by atoms with Gasteiger partial charge in [-0.3, -0.25) is 9.59 Å². The van der Waals surface area contributed by atoms with Crippen LogP contribution >= 0.6 is 0 Å². The van der Waals surface area contributed by atoms with E-state index in [0.29, 0.717) is 19.5 Å². The van der Waals surface area contributed by atoms with Gasteiger partial charge in [-0.05, 0) is 20.3 Å². The van der Waals surface area contributed by atoms with E-state index in [1.165, 1.54) is 4.90 Å². The van der Waals surface area contributed by atoms with Gasteiger partial charge in [0, 0.05) is 32.1 Å². The van der Waals surface area contributed by atoms with Gasteiger partial charge < -0.3 is 20.6 Å². The summed E-state index contributed by atoms with van der Waals surface area (Å²) >= 11 is 0. The molecule has 1 rings (SSSR count). The summed E-state index contributed by atoms with van der Waals surface area (Å²) in [6.07, 6.45) is 0.699. The fourth-order valence-electron chi connectivity index (χ4n) is 2.23. The fraction of sp³-hybridized carbons (Fsp3) is 0.750. The Balaban J connectivity index is 2.35. The summed E-state index contributed by atoms with van der Waals surface area (Å²) in [7, 11) is 0. The summed E-state index contributed by atoms with van der Waals surface area (Å²) in [5.41, 5.74) is 0. The van der Waals surface area contributed by atoms with Gasteiger partial charge in [0.2, 0.25) is 5.91 Å². The van der Waals surface area contributed by atoms with Crippen molar-refractivity contribution < 1.29 is 19.5 Å². The second kappa shape index (κ2) is 6.96. The number of carbonyl (C=O) groups excluding carboxylic acids is 2. The maximum atomic E-state index is 11.9. The Morgan fingerprint density at radius 3 is 2.53 bits per heavy atom. The smallest absolute Gasteiger partial charge is 0.317 e. The van der Waals surface area contributed by atoms with E-state index in [1.807, 2.05) is 6.92 Å². The Bertz CT molecular complexity index is 359. The molecule has 1 fully saturated rings. The summed E-state index contributed by atoms with van der Waals surface area (Å²) in [6, 6.07) is -0.623. The summed E-state index contributed by atoms with van der Waals surface area (Å²) in [5.74, 6) is -1.49. The molecule has 7 nitrogen and oxygen atoms in total. The number of aliphatic carboxylic acids is 1. The zero-order chi connectivity index (χ0) is 14.4. The zero-order valence-electron chi connectivity index (χ0n) is 11.3. The van der Waals surface area contributed by atoms with Gasteiger partial charge in [0.25, 0.3) is 0 Å². The standard InChI is InChI=1S/C12H21N3O4/c1-3-13-10(16)4-6-14-12(19)15-7-5-9(8(15)2)11(17)18/h8-9H,3-7H2,1-2H3,(H,13,16)(H,14,19)(H,17,18). The van der Waals surface area contributed by atoms with Crippen LogP contribution in [-0.2, 0) is 9.59 Å². The molecule has 0 bridgehead atoms. The highest BCUT2D eigenvalue weighted by molar-refractivity contribution is 5.79. The number of carboxylic acids is 1. The topological polar surface area (TPSA) is 98.7 Å². The van der Waals surface area contributed by atoms with E-state index in [2.05, 4.69) is 10.6 Å². The number of nitrogens with one attached hydrogen (secondary N) is 2. The van der Waals surface area contributed by atoms with Crippen molar-refractivity contribution in [1.82, 2.24) is 15.5 Å². The lowest BCUT2D eigenvalue weighted by Gasteiger charge is -2.23. The molecule has 1 aliphatic rings. The van der Waals surface area contributed by atoms with Gasteiger partial charge in [0.15, 0.2) is 0 Å². The van der Waals surface area contributed by atoms with Crippen LogP contribution in [0.5, 0.6) is 0 Å². The molecule has 0 spiro atoms. The van der Waals surface area contributed by atoms with Gasteiger partial charge in [0.1, 0.15) is 0 Å². The summed E-state index contributed by atoms with van der Waals surface area (Å²) in [4.78, 5) is 35.5. The molecular formula is C12H21N3O4. The molecule has 2 atom stereocenters. The number of likely N-dealkylation sites (tertiary alicyclic amines) is 1. The Hall–Kier alpha value is -1.79. The fourth-order valence-corrected chi connectivity index (χ4v) is 2.23. The number of carbonyl (C=O) groups is 3. The van der Waals surface area contributed by atoms with E-state index < -0.39 is 11.9 Å². The van der Waals surface area contributed by atoms with Crippen LogP contribution in [-0.4, -0.2) is 53.6 Å². The van der Waals surface area contributed by atoms with Crippen LogP contribution in [0.4, 0.5) is 4.79 Å². The lowest BCUT2D eigenvalue weighted by atomic mass is 10.0. The molecular weight excluding hydrogens is 250 g/mol. The lowest BCUT2D eigenvalue weighted by molar-refractivity contribution is -0.142. The van der Waals surface area contributed by atoms with Crippen LogP contribution in [0.3, 0.4) is 0 Å². The van der Waals surface area contributed by atoms with E-state index in [4.69, 9.17) is 5.11 Å². The third kappa shape index (κ3) is 4.11. The molecule has 108 valence electrons. The predicted molar refractivity (Wildman–Crippen MR) is 68.6 cm³/mol. The Morgan fingerprint density at radius 2 is 2.00 bits per heavy atom. The van der Waals surface area contributed by atoms with E-state index in [-0.39, 0.29) is 30.9 Å². The molecule has 0 aromatic carbocycles. The zero-order valence-corrected chi connectivity index (χ0v) is 11.3. The quantitative estimate of drug-likeness (QED) is 0.656. The van der Waals surface area contributed by atoms with Crippen LogP contribution in [0.25, 0.3) is 0 Å². The molecule has 1 saturated heterocycles. The van der Waals surface area contributed by atoms with Gasteiger partial charge >= 0.3 is 12.0 Å². The molecule has 0 aromatic heterocycles. The number of rotatable bonds is 5. The molecule has 7 heteroatoms. The predicted octanol–water partition coefficient (Wildman–Crippen LogP) is 0.0172. The highest BCUT2D eigenvalue weighted by Crippen LogP contribution is 2.24. The number of nitrogens with zero attached hydrogens (tertiary/aromatic N) is 1. The van der Waals surface area contributed by atoms with Gasteiger partial charge in [-0.1, -0.05) is 0 Å². The average molecular weight is 271 g/mol. The molecule has 0 aliphatic carbocycles. The van der Waals surface area contributed by atoms with Crippen molar-refractivity contribution in [3.63, 3.8) is 0 Å². The molecule has 1 aliphatic heterocycles. The first-order chi connectivity index (χ1) is 8.97. The van der Waals surface area contributed by atoms with Gasteiger partial charge in [0.05, 0.1) is 5.92 Å². The van der Waals surface area contributed by atoms with Gasteiger partial charge in [-0.15, -0.1) is 0 Å². The Labute approximate surface area is 112 Å². The van der Waals surface area contributed by atoms with Crippen molar-refractivity contribution in [2.45, 2.75) is 32.7 Å². The number of amides is 3. The van der Waals surface area contributed by atoms with E-state index >= 15 is 0 Å². The van der Waals surface area contributed by atoms with Gasteiger partial charge in [-0.2, -0.15) is 0 Å². The Morgan fingerprint density at radius 1 is 1.32 bits per heavy atom. The number of hydrogen-bond donors (Lipinski definition) is 3. The summed E-state index contributed by atoms with van der Waals surface area (Å²) < 4.78 is 0. The third-order valence-electron chi connectivity index (χ3n) is 3.34. The van der Waals surface area contributed by atoms with E-state index in [9.17, 15) is 14.4 Å². The maximum Gasteiger partial charge on any atom is 0.317 e. The van der Waals surface area contributed by atoms with E-state index in [0.717, 1.165) is 0 Å². The number of hydrogen-bond acceptors (Lipinski definition) is 3. The molecule has 0 aromatic rings. The summed E-state index contributed by atoms with van der Waals surface area (Å²) in [6.45, 7) is 4.82. The minimum Gasteiger partial charge on any atom is -0.481 e. The van der Waals surface area contributed by atoms with Crippen LogP contribution in [0.2, 0.25) is 0 Å².